The lowest BCUT2D eigenvalue weighted by Gasteiger charge is -2.30. The summed E-state index contributed by atoms with van der Waals surface area (Å²) >= 11 is 0. The van der Waals surface area contributed by atoms with E-state index in [1.165, 1.54) is 6.42 Å². The number of allylic oxidation sites excluding steroid dienone is 1. The highest BCUT2D eigenvalue weighted by atomic mass is 14.9. The molecule has 0 aromatic carbocycles. The molecule has 0 saturated heterocycles. The molecule has 2 aliphatic rings. The van der Waals surface area contributed by atoms with Crippen LogP contribution in [0.25, 0.3) is 0 Å². The maximum Gasteiger partial charge on any atom is -0.0195 e. The lowest BCUT2D eigenvalue weighted by Crippen LogP contribution is -2.24. The Balaban J connectivity index is 2.03. The number of rotatable bonds is 3. The maximum atomic E-state index is 3.82. The van der Waals surface area contributed by atoms with Gasteiger partial charge < -0.3 is 0 Å². The van der Waals surface area contributed by atoms with E-state index in [1.54, 1.807) is 0 Å². The van der Waals surface area contributed by atoms with Crippen molar-refractivity contribution >= 4 is 0 Å². The summed E-state index contributed by atoms with van der Waals surface area (Å²) in [5.74, 6) is 2.85. The van der Waals surface area contributed by atoms with Crippen LogP contribution >= 0.6 is 0 Å². The molecule has 0 N–H and O–H groups in total. The molecule has 0 heteroatoms. The summed E-state index contributed by atoms with van der Waals surface area (Å²) in [6.07, 6.45) is 3.33. The zero-order valence-electron chi connectivity index (χ0n) is 8.72. The number of hydrogen-bond acceptors (Lipinski definition) is 0. The highest BCUT2D eigenvalue weighted by Crippen LogP contribution is 2.93. The van der Waals surface area contributed by atoms with Gasteiger partial charge >= 0.3 is 0 Å². The van der Waals surface area contributed by atoms with Crippen molar-refractivity contribution < 1.29 is 0 Å². The van der Waals surface area contributed by atoms with Crippen molar-refractivity contribution in [3.8, 4) is 0 Å². The smallest absolute Gasteiger partial charge is 0.0195 e. The van der Waals surface area contributed by atoms with Gasteiger partial charge in [0.05, 0.1) is 0 Å². The van der Waals surface area contributed by atoms with Gasteiger partial charge in [-0.15, -0.1) is 6.58 Å². The van der Waals surface area contributed by atoms with Gasteiger partial charge in [0, 0.05) is 0 Å². The van der Waals surface area contributed by atoms with Gasteiger partial charge in [0.15, 0.2) is 0 Å². The van der Waals surface area contributed by atoms with Crippen molar-refractivity contribution in [1.29, 1.82) is 0 Å². The molecular weight excluding hydrogens is 144 g/mol. The van der Waals surface area contributed by atoms with E-state index in [9.17, 15) is 0 Å². The molecule has 2 aliphatic carbocycles. The predicted octanol–water partition coefficient (Wildman–Crippen LogP) is 3.49. The normalized spacial score (nSPS) is 55.1. The van der Waals surface area contributed by atoms with Crippen LogP contribution in [-0.2, 0) is 0 Å². The minimum atomic E-state index is 0.667. The molecule has 68 valence electrons. The second-order valence-electron chi connectivity index (χ2n) is 5.33. The van der Waals surface area contributed by atoms with Crippen LogP contribution in [0.2, 0.25) is 0 Å². The third kappa shape index (κ3) is 0.582. The highest BCUT2D eigenvalue weighted by Gasteiger charge is 2.89. The molecule has 0 spiro atoms. The van der Waals surface area contributed by atoms with Gasteiger partial charge in [0.2, 0.25) is 0 Å². The second-order valence-corrected chi connectivity index (χ2v) is 5.33. The molecule has 2 rings (SSSR count). The molecule has 0 nitrogen and oxygen atoms in total. The van der Waals surface area contributed by atoms with E-state index in [2.05, 4.69) is 40.3 Å². The Hall–Kier alpha value is -0.260. The molecule has 0 aromatic heterocycles. The average molecular weight is 164 g/mol. The van der Waals surface area contributed by atoms with Gasteiger partial charge in [-0.3, -0.25) is 0 Å². The zero-order valence-corrected chi connectivity index (χ0v) is 8.72. The zero-order chi connectivity index (χ0) is 9.15. The van der Waals surface area contributed by atoms with Crippen molar-refractivity contribution in [2.45, 2.75) is 34.1 Å². The van der Waals surface area contributed by atoms with Gasteiger partial charge in [0.1, 0.15) is 0 Å². The van der Waals surface area contributed by atoms with Crippen LogP contribution in [0, 0.1) is 28.6 Å². The lowest BCUT2D eigenvalue weighted by molar-refractivity contribution is 0.189. The van der Waals surface area contributed by atoms with Crippen LogP contribution in [0.1, 0.15) is 34.1 Å². The number of hydrogen-bond donors (Lipinski definition) is 0. The Morgan fingerprint density at radius 1 is 1.42 bits per heavy atom. The summed E-state index contributed by atoms with van der Waals surface area (Å²) in [6, 6.07) is 0. The molecular formula is C12H20. The van der Waals surface area contributed by atoms with Gasteiger partial charge in [-0.25, -0.2) is 0 Å². The fourth-order valence-electron chi connectivity index (χ4n) is 3.76. The Morgan fingerprint density at radius 2 is 1.92 bits per heavy atom. The summed E-state index contributed by atoms with van der Waals surface area (Å²) in [7, 11) is 0. The third-order valence-electron chi connectivity index (χ3n) is 5.05. The standard InChI is InChI=1S/C12H20/c1-6-7-9-10-11(4,8(2)3)12(9,10)5/h6,8-10H,1,7H2,2-5H3. The molecule has 0 amide bonds. The average Bonchev–Trinajstić information content (AvgIpc) is 2.75. The summed E-state index contributed by atoms with van der Waals surface area (Å²) in [4.78, 5) is 0. The predicted molar refractivity (Wildman–Crippen MR) is 52.8 cm³/mol. The van der Waals surface area contributed by atoms with Crippen LogP contribution in [-0.4, -0.2) is 0 Å². The molecule has 2 fully saturated rings. The molecule has 0 aliphatic heterocycles. The first-order chi connectivity index (χ1) is 5.51. The fraction of sp³-hybridized carbons (Fsp3) is 0.833. The minimum Gasteiger partial charge on any atom is -0.103 e. The Bertz CT molecular complexity index is 228. The van der Waals surface area contributed by atoms with E-state index < -0.39 is 0 Å². The first-order valence-corrected chi connectivity index (χ1v) is 5.12. The van der Waals surface area contributed by atoms with Gasteiger partial charge in [-0.2, -0.15) is 0 Å². The summed E-state index contributed by atoms with van der Waals surface area (Å²) < 4.78 is 0. The van der Waals surface area contributed by atoms with E-state index in [0.29, 0.717) is 10.8 Å². The number of fused-ring (bicyclic) bond motifs is 1. The monoisotopic (exact) mass is 164 g/mol. The molecule has 0 radical (unpaired) electrons. The second kappa shape index (κ2) is 1.97. The first kappa shape index (κ1) is 8.34. The van der Waals surface area contributed by atoms with Gasteiger partial charge in [-0.05, 0) is 35.0 Å². The van der Waals surface area contributed by atoms with Crippen LogP contribution in [0.3, 0.4) is 0 Å². The van der Waals surface area contributed by atoms with Crippen molar-refractivity contribution in [3.05, 3.63) is 12.7 Å². The van der Waals surface area contributed by atoms with Crippen molar-refractivity contribution in [2.75, 3.05) is 0 Å². The molecule has 2 saturated carbocycles. The van der Waals surface area contributed by atoms with Gasteiger partial charge in [-0.1, -0.05) is 33.8 Å². The van der Waals surface area contributed by atoms with Crippen molar-refractivity contribution in [3.63, 3.8) is 0 Å². The van der Waals surface area contributed by atoms with E-state index in [0.717, 1.165) is 17.8 Å². The maximum absolute atomic E-state index is 3.82. The molecule has 0 aromatic rings. The molecule has 0 heterocycles. The molecule has 12 heavy (non-hydrogen) atoms. The minimum absolute atomic E-state index is 0.667. The Morgan fingerprint density at radius 3 is 2.25 bits per heavy atom. The van der Waals surface area contributed by atoms with Crippen molar-refractivity contribution in [2.24, 2.45) is 28.6 Å². The summed E-state index contributed by atoms with van der Waals surface area (Å²) in [6.45, 7) is 13.5. The Kier molecular flexibility index (Phi) is 1.37. The van der Waals surface area contributed by atoms with Crippen LogP contribution < -0.4 is 0 Å². The largest absolute Gasteiger partial charge is 0.103 e. The molecule has 0 bridgehead atoms. The first-order valence-electron chi connectivity index (χ1n) is 5.12. The Labute approximate surface area is 76.1 Å². The van der Waals surface area contributed by atoms with Crippen LogP contribution in [0.4, 0.5) is 0 Å². The van der Waals surface area contributed by atoms with Gasteiger partial charge in [0.25, 0.3) is 0 Å². The third-order valence-corrected chi connectivity index (χ3v) is 5.05. The van der Waals surface area contributed by atoms with E-state index >= 15 is 0 Å². The topological polar surface area (TPSA) is 0 Å². The van der Waals surface area contributed by atoms with E-state index in [4.69, 9.17) is 0 Å². The summed E-state index contributed by atoms with van der Waals surface area (Å²) in [5.41, 5.74) is 1.36. The fourth-order valence-corrected chi connectivity index (χ4v) is 3.76. The highest BCUT2D eigenvalue weighted by molar-refractivity contribution is 5.37. The molecule has 4 unspecified atom stereocenters. The SMILES string of the molecule is C=CCC1C2C(C)(C(C)C)C12C. The van der Waals surface area contributed by atoms with E-state index in [-0.39, 0.29) is 0 Å². The summed E-state index contributed by atoms with van der Waals surface area (Å²) in [5, 5.41) is 0. The van der Waals surface area contributed by atoms with Crippen LogP contribution in [0.5, 0.6) is 0 Å². The quantitative estimate of drug-likeness (QED) is 0.560. The lowest BCUT2D eigenvalue weighted by atomic mass is 9.75. The van der Waals surface area contributed by atoms with Crippen LogP contribution in [0.15, 0.2) is 12.7 Å². The van der Waals surface area contributed by atoms with E-state index in [1.807, 2.05) is 0 Å². The molecule has 4 atom stereocenters. The van der Waals surface area contributed by atoms with Crippen molar-refractivity contribution in [1.82, 2.24) is 0 Å².